The molecule has 1 aliphatic rings. The van der Waals surface area contributed by atoms with Gasteiger partial charge in [-0.3, -0.25) is 4.72 Å². The SMILES string of the molecule is O=S(=O)(Nc1nc2c(s1)Cc1ccccc1-2)c1ccccc1. The third-order valence-electron chi connectivity index (χ3n) is 3.60. The maximum absolute atomic E-state index is 12.3. The second-order valence-electron chi connectivity index (χ2n) is 5.04. The number of hydrogen-bond donors (Lipinski definition) is 1. The van der Waals surface area contributed by atoms with E-state index in [4.69, 9.17) is 0 Å². The molecule has 6 heteroatoms. The molecule has 0 amide bonds. The molecule has 1 aromatic heterocycles. The Bertz CT molecular complexity index is 947. The minimum Gasteiger partial charge on any atom is -0.255 e. The number of benzene rings is 2. The largest absolute Gasteiger partial charge is 0.263 e. The zero-order valence-electron chi connectivity index (χ0n) is 11.5. The van der Waals surface area contributed by atoms with Crippen LogP contribution < -0.4 is 4.72 Å². The van der Waals surface area contributed by atoms with Gasteiger partial charge in [-0.15, -0.1) is 11.3 Å². The van der Waals surface area contributed by atoms with E-state index in [1.165, 1.54) is 16.9 Å². The molecule has 0 saturated heterocycles. The molecular formula is C16H12N2O2S2. The van der Waals surface area contributed by atoms with Crippen LogP contribution in [0.25, 0.3) is 11.3 Å². The van der Waals surface area contributed by atoms with E-state index < -0.39 is 10.0 Å². The Labute approximate surface area is 132 Å². The van der Waals surface area contributed by atoms with Crippen LogP contribution in [0.2, 0.25) is 0 Å². The average Bonchev–Trinajstić information content (AvgIpc) is 3.04. The lowest BCUT2D eigenvalue weighted by Gasteiger charge is -2.05. The normalized spacial score (nSPS) is 12.7. The van der Waals surface area contributed by atoms with Crippen molar-refractivity contribution in [3.63, 3.8) is 0 Å². The number of rotatable bonds is 3. The first-order chi connectivity index (χ1) is 10.6. The lowest BCUT2D eigenvalue weighted by molar-refractivity contribution is 0.601. The fourth-order valence-corrected chi connectivity index (χ4v) is 4.83. The molecule has 0 atom stereocenters. The Hall–Kier alpha value is -2.18. The van der Waals surface area contributed by atoms with Crippen molar-refractivity contribution in [3.8, 4) is 11.3 Å². The van der Waals surface area contributed by atoms with E-state index in [9.17, 15) is 8.42 Å². The predicted molar refractivity (Wildman–Crippen MR) is 87.6 cm³/mol. The zero-order chi connectivity index (χ0) is 15.2. The lowest BCUT2D eigenvalue weighted by atomic mass is 10.1. The van der Waals surface area contributed by atoms with Gasteiger partial charge in [0.15, 0.2) is 5.13 Å². The molecule has 3 aromatic rings. The highest BCUT2D eigenvalue weighted by Gasteiger charge is 2.24. The van der Waals surface area contributed by atoms with Gasteiger partial charge in [0.25, 0.3) is 10.0 Å². The standard InChI is InChI=1S/C16H12N2O2S2/c19-22(20,12-7-2-1-3-8-12)18-16-17-15-13-9-5-4-6-11(13)10-14(15)21-16/h1-9H,10H2,(H,17,18). The van der Waals surface area contributed by atoms with Crippen molar-refractivity contribution in [2.24, 2.45) is 0 Å². The number of aromatic nitrogens is 1. The van der Waals surface area contributed by atoms with Crippen LogP contribution >= 0.6 is 11.3 Å². The number of fused-ring (bicyclic) bond motifs is 3. The Morgan fingerprint density at radius 2 is 1.73 bits per heavy atom. The van der Waals surface area contributed by atoms with Crippen LogP contribution in [0.5, 0.6) is 0 Å². The van der Waals surface area contributed by atoms with Gasteiger partial charge < -0.3 is 0 Å². The number of hydrogen-bond acceptors (Lipinski definition) is 4. The molecule has 2 aromatic carbocycles. The minimum absolute atomic E-state index is 0.241. The van der Waals surface area contributed by atoms with Crippen molar-refractivity contribution in [1.29, 1.82) is 0 Å². The maximum Gasteiger partial charge on any atom is 0.263 e. The van der Waals surface area contributed by atoms with Gasteiger partial charge in [0.05, 0.1) is 10.6 Å². The molecule has 110 valence electrons. The molecule has 1 N–H and O–H groups in total. The summed E-state index contributed by atoms with van der Waals surface area (Å²) < 4.78 is 27.2. The van der Waals surface area contributed by atoms with Crippen LogP contribution in [-0.2, 0) is 16.4 Å². The maximum atomic E-state index is 12.3. The van der Waals surface area contributed by atoms with Crippen molar-refractivity contribution < 1.29 is 8.42 Å². The van der Waals surface area contributed by atoms with Crippen LogP contribution in [0, 0.1) is 0 Å². The van der Waals surface area contributed by atoms with Gasteiger partial charge in [0.1, 0.15) is 0 Å². The highest BCUT2D eigenvalue weighted by Crippen LogP contribution is 2.41. The van der Waals surface area contributed by atoms with E-state index in [0.717, 1.165) is 22.6 Å². The summed E-state index contributed by atoms with van der Waals surface area (Å²) in [5, 5.41) is 0.420. The minimum atomic E-state index is -3.58. The quantitative estimate of drug-likeness (QED) is 0.626. The molecule has 4 rings (SSSR count). The number of sulfonamides is 1. The summed E-state index contributed by atoms with van der Waals surface area (Å²) in [6, 6.07) is 16.4. The monoisotopic (exact) mass is 328 g/mol. The van der Waals surface area contributed by atoms with Crippen molar-refractivity contribution in [3.05, 3.63) is 65.0 Å². The average molecular weight is 328 g/mol. The van der Waals surface area contributed by atoms with Gasteiger partial charge >= 0.3 is 0 Å². The first-order valence-corrected chi connectivity index (χ1v) is 9.09. The second-order valence-corrected chi connectivity index (χ2v) is 7.81. The fourth-order valence-electron chi connectivity index (χ4n) is 2.58. The summed E-state index contributed by atoms with van der Waals surface area (Å²) in [5.41, 5.74) is 3.24. The Balaban J connectivity index is 1.68. The van der Waals surface area contributed by atoms with Crippen molar-refractivity contribution in [2.75, 3.05) is 4.72 Å². The summed E-state index contributed by atoms with van der Waals surface area (Å²) in [4.78, 5) is 5.82. The second kappa shape index (κ2) is 4.93. The van der Waals surface area contributed by atoms with Crippen LogP contribution in [0.15, 0.2) is 59.5 Å². The van der Waals surface area contributed by atoms with Gasteiger partial charge in [-0.25, -0.2) is 13.4 Å². The van der Waals surface area contributed by atoms with E-state index in [1.807, 2.05) is 18.2 Å². The Morgan fingerprint density at radius 1 is 1.00 bits per heavy atom. The van der Waals surface area contributed by atoms with Gasteiger partial charge in [0, 0.05) is 16.9 Å². The molecule has 22 heavy (non-hydrogen) atoms. The molecule has 0 unspecified atom stereocenters. The van der Waals surface area contributed by atoms with E-state index in [-0.39, 0.29) is 4.90 Å². The molecule has 1 aliphatic carbocycles. The van der Waals surface area contributed by atoms with Gasteiger partial charge in [-0.05, 0) is 17.7 Å². The molecule has 0 fully saturated rings. The summed E-state index contributed by atoms with van der Waals surface area (Å²) in [5.74, 6) is 0. The van der Waals surface area contributed by atoms with Gasteiger partial charge in [-0.2, -0.15) is 0 Å². The molecular weight excluding hydrogens is 316 g/mol. The topological polar surface area (TPSA) is 59.1 Å². The third-order valence-corrected chi connectivity index (χ3v) is 6.05. The summed E-state index contributed by atoms with van der Waals surface area (Å²) >= 11 is 1.40. The van der Waals surface area contributed by atoms with Gasteiger partial charge in [0.2, 0.25) is 0 Å². The Morgan fingerprint density at radius 3 is 2.55 bits per heavy atom. The van der Waals surface area contributed by atoms with Gasteiger partial charge in [-0.1, -0.05) is 42.5 Å². The van der Waals surface area contributed by atoms with Crippen LogP contribution in [-0.4, -0.2) is 13.4 Å². The smallest absolute Gasteiger partial charge is 0.255 e. The lowest BCUT2D eigenvalue weighted by Crippen LogP contribution is -2.12. The highest BCUT2D eigenvalue weighted by atomic mass is 32.2. The summed E-state index contributed by atoms with van der Waals surface area (Å²) in [7, 11) is -3.58. The highest BCUT2D eigenvalue weighted by molar-refractivity contribution is 7.93. The van der Waals surface area contributed by atoms with Crippen molar-refractivity contribution in [2.45, 2.75) is 11.3 Å². The molecule has 1 heterocycles. The molecule has 0 radical (unpaired) electrons. The number of nitrogens with zero attached hydrogens (tertiary/aromatic N) is 1. The van der Waals surface area contributed by atoms with Crippen molar-refractivity contribution in [1.82, 2.24) is 4.98 Å². The van der Waals surface area contributed by atoms with E-state index in [2.05, 4.69) is 15.8 Å². The third kappa shape index (κ3) is 2.20. The number of anilines is 1. The van der Waals surface area contributed by atoms with E-state index >= 15 is 0 Å². The molecule has 0 saturated carbocycles. The first kappa shape index (κ1) is 13.5. The number of nitrogens with one attached hydrogen (secondary N) is 1. The van der Waals surface area contributed by atoms with E-state index in [0.29, 0.717) is 5.13 Å². The molecule has 4 nitrogen and oxygen atoms in total. The van der Waals surface area contributed by atoms with Crippen molar-refractivity contribution >= 4 is 26.5 Å². The number of thiazole rings is 1. The van der Waals surface area contributed by atoms with Crippen LogP contribution in [0.3, 0.4) is 0 Å². The van der Waals surface area contributed by atoms with Crippen LogP contribution in [0.1, 0.15) is 10.4 Å². The summed E-state index contributed by atoms with van der Waals surface area (Å²) in [6.07, 6.45) is 0.816. The molecule has 0 spiro atoms. The zero-order valence-corrected chi connectivity index (χ0v) is 13.1. The fraction of sp³-hybridized carbons (Fsp3) is 0.0625. The molecule has 0 bridgehead atoms. The first-order valence-electron chi connectivity index (χ1n) is 6.79. The Kier molecular flexibility index (Phi) is 3.02. The summed E-state index contributed by atoms with van der Waals surface area (Å²) in [6.45, 7) is 0. The van der Waals surface area contributed by atoms with E-state index in [1.54, 1.807) is 30.3 Å². The predicted octanol–water partition coefficient (Wildman–Crippen LogP) is 3.52. The molecule has 0 aliphatic heterocycles. The van der Waals surface area contributed by atoms with Crippen LogP contribution in [0.4, 0.5) is 5.13 Å².